The van der Waals surface area contributed by atoms with Gasteiger partial charge in [0.15, 0.2) is 0 Å². The number of hydrogen-bond acceptors (Lipinski definition) is 1. The minimum absolute atomic E-state index is 0.487. The topological polar surface area (TPSA) is 17.1 Å². The lowest BCUT2D eigenvalue weighted by molar-refractivity contribution is -0.117. The zero-order valence-corrected chi connectivity index (χ0v) is 6.73. The van der Waals surface area contributed by atoms with Crippen molar-refractivity contribution in [2.45, 2.75) is 45.4 Å². The molecule has 0 heterocycles. The van der Waals surface area contributed by atoms with Crippen molar-refractivity contribution in [1.82, 2.24) is 0 Å². The Morgan fingerprint density at radius 3 is 2.90 bits per heavy atom. The van der Waals surface area contributed by atoms with Crippen LogP contribution in [-0.2, 0) is 4.79 Å². The molecule has 0 bridgehead atoms. The van der Waals surface area contributed by atoms with Crippen LogP contribution in [-0.4, -0.2) is 5.78 Å². The molecule has 0 aromatic rings. The van der Waals surface area contributed by atoms with Crippen molar-refractivity contribution in [3.8, 4) is 0 Å². The normalized spacial score (nSPS) is 25.7. The third-order valence-electron chi connectivity index (χ3n) is 2.31. The molecular weight excluding hydrogens is 124 g/mol. The number of Topliss-reactive ketones (excluding diaryl/α,β-unsaturated/α-hetero) is 1. The molecule has 0 aromatic heterocycles. The second-order valence-electron chi connectivity index (χ2n) is 3.29. The second-order valence-corrected chi connectivity index (χ2v) is 3.29. The molecule has 1 atom stereocenters. The van der Waals surface area contributed by atoms with Crippen LogP contribution in [0.2, 0.25) is 0 Å². The molecule has 1 nitrogen and oxygen atoms in total. The highest BCUT2D eigenvalue weighted by atomic mass is 16.1. The molecule has 0 aromatic carbocycles. The molecule has 0 amide bonds. The predicted molar refractivity (Wildman–Crippen MR) is 41.9 cm³/mol. The molecule has 1 aliphatic rings. The van der Waals surface area contributed by atoms with E-state index in [1.54, 1.807) is 0 Å². The zero-order chi connectivity index (χ0) is 7.40. The quantitative estimate of drug-likeness (QED) is 0.588. The van der Waals surface area contributed by atoms with E-state index >= 15 is 0 Å². The first-order chi connectivity index (χ1) is 4.83. The number of rotatable bonds is 3. The third kappa shape index (κ3) is 2.13. The van der Waals surface area contributed by atoms with Crippen LogP contribution in [0.4, 0.5) is 0 Å². The summed E-state index contributed by atoms with van der Waals surface area (Å²) >= 11 is 0. The van der Waals surface area contributed by atoms with Crippen LogP contribution in [0.1, 0.15) is 45.4 Å². The predicted octanol–water partition coefficient (Wildman–Crippen LogP) is 2.55. The molecule has 0 radical (unpaired) electrons. The van der Waals surface area contributed by atoms with Gasteiger partial charge in [0.2, 0.25) is 0 Å². The average molecular weight is 140 g/mol. The molecule has 10 heavy (non-hydrogen) atoms. The molecular formula is C9H16O. The maximum absolute atomic E-state index is 10.8. The van der Waals surface area contributed by atoms with Gasteiger partial charge >= 0.3 is 0 Å². The summed E-state index contributed by atoms with van der Waals surface area (Å²) in [6.07, 6.45) is 6.75. The van der Waals surface area contributed by atoms with Gasteiger partial charge in [-0.3, -0.25) is 4.79 Å². The van der Waals surface area contributed by atoms with E-state index in [0.717, 1.165) is 18.8 Å². The summed E-state index contributed by atoms with van der Waals surface area (Å²) < 4.78 is 0. The summed E-state index contributed by atoms with van der Waals surface area (Å²) in [7, 11) is 0. The van der Waals surface area contributed by atoms with Gasteiger partial charge in [0.05, 0.1) is 0 Å². The molecule has 0 saturated heterocycles. The number of ketones is 1. The minimum Gasteiger partial charge on any atom is -0.300 e. The van der Waals surface area contributed by atoms with E-state index in [4.69, 9.17) is 0 Å². The Bertz CT molecular complexity index is 118. The number of carbonyl (C=O) groups excluding carboxylic acids is 1. The molecule has 1 heteroatoms. The summed E-state index contributed by atoms with van der Waals surface area (Å²) in [6, 6.07) is 0. The Labute approximate surface area is 62.8 Å². The van der Waals surface area contributed by atoms with Gasteiger partial charge in [-0.05, 0) is 12.3 Å². The molecule has 1 aliphatic carbocycles. The molecule has 0 unspecified atom stereocenters. The fourth-order valence-corrected chi connectivity index (χ4v) is 1.63. The van der Waals surface area contributed by atoms with E-state index in [1.165, 1.54) is 25.7 Å². The Morgan fingerprint density at radius 1 is 1.60 bits per heavy atom. The first kappa shape index (κ1) is 7.77. The highest BCUT2D eigenvalue weighted by Crippen LogP contribution is 2.26. The minimum atomic E-state index is 0.487. The van der Waals surface area contributed by atoms with E-state index in [9.17, 15) is 4.79 Å². The summed E-state index contributed by atoms with van der Waals surface area (Å²) in [6.45, 7) is 2.21. The number of carbonyl (C=O) groups is 1. The van der Waals surface area contributed by atoms with E-state index < -0.39 is 0 Å². The lowest BCUT2D eigenvalue weighted by atomic mass is 10.0. The van der Waals surface area contributed by atoms with Crippen LogP contribution in [0.3, 0.4) is 0 Å². The highest BCUT2D eigenvalue weighted by Gasteiger charge is 2.20. The lowest BCUT2D eigenvalue weighted by Gasteiger charge is -2.04. The SMILES string of the molecule is CCCC[C@@H]1CCC(=O)C1. The zero-order valence-electron chi connectivity index (χ0n) is 6.73. The fourth-order valence-electron chi connectivity index (χ4n) is 1.63. The first-order valence-corrected chi connectivity index (χ1v) is 4.34. The smallest absolute Gasteiger partial charge is 0.133 e. The van der Waals surface area contributed by atoms with Gasteiger partial charge in [-0.2, -0.15) is 0 Å². The molecule has 1 rings (SSSR count). The van der Waals surface area contributed by atoms with E-state index in [0.29, 0.717) is 5.78 Å². The largest absolute Gasteiger partial charge is 0.300 e. The van der Waals surface area contributed by atoms with Crippen LogP contribution in [0.5, 0.6) is 0 Å². The van der Waals surface area contributed by atoms with Crippen molar-refractivity contribution >= 4 is 5.78 Å². The van der Waals surface area contributed by atoms with Crippen LogP contribution in [0.25, 0.3) is 0 Å². The molecule has 58 valence electrons. The Hall–Kier alpha value is -0.330. The van der Waals surface area contributed by atoms with Gasteiger partial charge in [-0.25, -0.2) is 0 Å². The van der Waals surface area contributed by atoms with E-state index in [-0.39, 0.29) is 0 Å². The van der Waals surface area contributed by atoms with Crippen LogP contribution in [0.15, 0.2) is 0 Å². The Morgan fingerprint density at radius 2 is 2.40 bits per heavy atom. The van der Waals surface area contributed by atoms with Crippen molar-refractivity contribution < 1.29 is 4.79 Å². The standard InChI is InChI=1S/C9H16O/c1-2-3-4-8-5-6-9(10)7-8/h8H,2-7H2,1H3/t8-/m1/s1. The lowest BCUT2D eigenvalue weighted by Crippen LogP contribution is -1.94. The molecule has 0 spiro atoms. The molecule has 0 N–H and O–H groups in total. The van der Waals surface area contributed by atoms with Crippen LogP contribution in [0, 0.1) is 5.92 Å². The summed E-state index contributed by atoms with van der Waals surface area (Å²) in [5.74, 6) is 1.23. The van der Waals surface area contributed by atoms with Crippen molar-refractivity contribution in [3.05, 3.63) is 0 Å². The van der Waals surface area contributed by atoms with Gasteiger partial charge in [0.1, 0.15) is 5.78 Å². The molecule has 1 saturated carbocycles. The van der Waals surface area contributed by atoms with Gasteiger partial charge in [0, 0.05) is 12.8 Å². The maximum atomic E-state index is 10.8. The van der Waals surface area contributed by atoms with Crippen molar-refractivity contribution in [1.29, 1.82) is 0 Å². The Kier molecular flexibility index (Phi) is 2.91. The molecule has 0 aliphatic heterocycles. The number of unbranched alkanes of at least 4 members (excludes halogenated alkanes) is 1. The summed E-state index contributed by atoms with van der Waals surface area (Å²) in [4.78, 5) is 10.8. The molecule has 1 fully saturated rings. The van der Waals surface area contributed by atoms with Gasteiger partial charge in [-0.15, -0.1) is 0 Å². The Balaban J connectivity index is 2.12. The van der Waals surface area contributed by atoms with Crippen molar-refractivity contribution in [3.63, 3.8) is 0 Å². The van der Waals surface area contributed by atoms with Crippen LogP contribution >= 0.6 is 0 Å². The first-order valence-electron chi connectivity index (χ1n) is 4.34. The summed E-state index contributed by atoms with van der Waals surface area (Å²) in [5, 5.41) is 0. The van der Waals surface area contributed by atoms with Gasteiger partial charge < -0.3 is 0 Å². The van der Waals surface area contributed by atoms with Crippen molar-refractivity contribution in [2.75, 3.05) is 0 Å². The van der Waals surface area contributed by atoms with Crippen molar-refractivity contribution in [2.24, 2.45) is 5.92 Å². The second kappa shape index (κ2) is 3.75. The van der Waals surface area contributed by atoms with Gasteiger partial charge in [0.25, 0.3) is 0 Å². The summed E-state index contributed by atoms with van der Waals surface area (Å²) in [5.41, 5.74) is 0. The van der Waals surface area contributed by atoms with E-state index in [2.05, 4.69) is 6.92 Å². The van der Waals surface area contributed by atoms with E-state index in [1.807, 2.05) is 0 Å². The fraction of sp³-hybridized carbons (Fsp3) is 0.889. The highest BCUT2D eigenvalue weighted by molar-refractivity contribution is 5.80. The monoisotopic (exact) mass is 140 g/mol. The van der Waals surface area contributed by atoms with Gasteiger partial charge in [-0.1, -0.05) is 26.2 Å². The average Bonchev–Trinajstić information content (AvgIpc) is 2.31. The number of hydrogen-bond donors (Lipinski definition) is 0. The third-order valence-corrected chi connectivity index (χ3v) is 2.31. The maximum Gasteiger partial charge on any atom is 0.133 e. The van der Waals surface area contributed by atoms with Crippen LogP contribution < -0.4 is 0 Å².